The van der Waals surface area contributed by atoms with Gasteiger partial charge in [-0.3, -0.25) is 0 Å². The number of pyridine rings is 1. The number of aromatic nitrogens is 1. The Hall–Kier alpha value is -1.35. The van der Waals surface area contributed by atoms with Crippen LogP contribution in [0.3, 0.4) is 0 Å². The molecule has 3 heteroatoms. The van der Waals surface area contributed by atoms with Crippen LogP contribution in [-0.2, 0) is 0 Å². The lowest BCUT2D eigenvalue weighted by atomic mass is 10.0. The number of hydrogen-bond donors (Lipinski definition) is 0. The summed E-state index contributed by atoms with van der Waals surface area (Å²) in [5.41, 5.74) is 3.02. The lowest BCUT2D eigenvalue weighted by Gasteiger charge is -2.06. The molecule has 0 aliphatic rings. The highest BCUT2D eigenvalue weighted by Gasteiger charge is 2.04. The first-order valence-electron chi connectivity index (χ1n) is 4.98. The van der Waals surface area contributed by atoms with E-state index in [-0.39, 0.29) is 5.82 Å². The number of hydrogen-bond acceptors (Lipinski definition) is 2. The summed E-state index contributed by atoms with van der Waals surface area (Å²) in [5, 5.41) is 1.00. The number of halogens is 1. The minimum Gasteiger partial charge on any atom is -0.246 e. The molecule has 0 aliphatic carbocycles. The number of nitrogens with zero attached hydrogens (tertiary/aromatic N) is 1. The van der Waals surface area contributed by atoms with Gasteiger partial charge in [0.25, 0.3) is 0 Å². The van der Waals surface area contributed by atoms with Gasteiger partial charge in [0.1, 0.15) is 5.82 Å². The van der Waals surface area contributed by atoms with E-state index in [9.17, 15) is 4.39 Å². The highest BCUT2D eigenvalue weighted by Crippen LogP contribution is 2.24. The monoisotopic (exact) mass is 233 g/mol. The SMILES string of the molecule is CSc1ccc(-c2ccc(F)cc2)c(C)n1. The van der Waals surface area contributed by atoms with Gasteiger partial charge in [-0.05, 0) is 43.0 Å². The summed E-state index contributed by atoms with van der Waals surface area (Å²) in [6.45, 7) is 1.97. The standard InChI is InChI=1S/C13H12FNS/c1-9-12(7-8-13(15-9)16-2)10-3-5-11(14)6-4-10/h3-8H,1-2H3. The fourth-order valence-electron chi connectivity index (χ4n) is 1.59. The van der Waals surface area contributed by atoms with Gasteiger partial charge in [0.2, 0.25) is 0 Å². The van der Waals surface area contributed by atoms with Crippen LogP contribution >= 0.6 is 11.8 Å². The Morgan fingerprint density at radius 3 is 2.31 bits per heavy atom. The van der Waals surface area contributed by atoms with Gasteiger partial charge in [0.15, 0.2) is 0 Å². The van der Waals surface area contributed by atoms with E-state index in [1.54, 1.807) is 23.9 Å². The second kappa shape index (κ2) is 4.66. The summed E-state index contributed by atoms with van der Waals surface area (Å²) in [5.74, 6) is -0.213. The average Bonchev–Trinajstić information content (AvgIpc) is 2.30. The minimum atomic E-state index is -0.213. The third-order valence-corrected chi connectivity index (χ3v) is 3.07. The fourth-order valence-corrected chi connectivity index (χ4v) is 2.02. The largest absolute Gasteiger partial charge is 0.246 e. The molecule has 0 atom stereocenters. The maximum absolute atomic E-state index is 12.8. The van der Waals surface area contributed by atoms with Crippen molar-refractivity contribution in [2.75, 3.05) is 6.26 Å². The van der Waals surface area contributed by atoms with Crippen LogP contribution in [0, 0.1) is 12.7 Å². The third kappa shape index (κ3) is 2.25. The number of thioether (sulfide) groups is 1. The molecule has 0 saturated carbocycles. The van der Waals surface area contributed by atoms with Crippen molar-refractivity contribution in [1.29, 1.82) is 0 Å². The first kappa shape index (κ1) is 11.1. The van der Waals surface area contributed by atoms with Crippen LogP contribution in [0.15, 0.2) is 41.4 Å². The molecular weight excluding hydrogens is 221 g/mol. The second-order valence-corrected chi connectivity index (χ2v) is 4.32. The van der Waals surface area contributed by atoms with Gasteiger partial charge in [0.05, 0.1) is 5.03 Å². The zero-order chi connectivity index (χ0) is 11.5. The van der Waals surface area contributed by atoms with Crippen molar-refractivity contribution in [3.63, 3.8) is 0 Å². The smallest absolute Gasteiger partial charge is 0.123 e. The van der Waals surface area contributed by atoms with Crippen LogP contribution in [0.2, 0.25) is 0 Å². The Balaban J connectivity index is 2.44. The number of rotatable bonds is 2. The Kier molecular flexibility index (Phi) is 3.25. The minimum absolute atomic E-state index is 0.213. The van der Waals surface area contributed by atoms with Crippen molar-refractivity contribution < 1.29 is 4.39 Å². The van der Waals surface area contributed by atoms with Crippen molar-refractivity contribution in [2.24, 2.45) is 0 Å². The van der Waals surface area contributed by atoms with E-state index >= 15 is 0 Å². The molecule has 2 rings (SSSR count). The first-order valence-corrected chi connectivity index (χ1v) is 6.21. The molecule has 1 heterocycles. The van der Waals surface area contributed by atoms with Crippen molar-refractivity contribution in [2.45, 2.75) is 11.9 Å². The quantitative estimate of drug-likeness (QED) is 0.729. The molecule has 0 saturated heterocycles. The van der Waals surface area contributed by atoms with E-state index < -0.39 is 0 Å². The van der Waals surface area contributed by atoms with Gasteiger partial charge >= 0.3 is 0 Å². The molecule has 0 bridgehead atoms. The van der Waals surface area contributed by atoms with E-state index in [2.05, 4.69) is 4.98 Å². The van der Waals surface area contributed by atoms with E-state index in [0.29, 0.717) is 0 Å². The normalized spacial score (nSPS) is 10.4. The van der Waals surface area contributed by atoms with Gasteiger partial charge in [-0.2, -0.15) is 0 Å². The van der Waals surface area contributed by atoms with Crippen molar-refractivity contribution in [3.8, 4) is 11.1 Å². The molecule has 0 unspecified atom stereocenters. The molecule has 1 aromatic heterocycles. The molecule has 1 aromatic carbocycles. The molecule has 0 radical (unpaired) electrons. The third-order valence-electron chi connectivity index (χ3n) is 2.42. The summed E-state index contributed by atoms with van der Waals surface area (Å²) >= 11 is 1.62. The summed E-state index contributed by atoms with van der Waals surface area (Å²) in [6.07, 6.45) is 2.00. The molecule has 2 aromatic rings. The Labute approximate surface area is 98.7 Å². The van der Waals surface area contributed by atoms with E-state index in [4.69, 9.17) is 0 Å². The fraction of sp³-hybridized carbons (Fsp3) is 0.154. The van der Waals surface area contributed by atoms with Gasteiger partial charge < -0.3 is 0 Å². The van der Waals surface area contributed by atoms with Gasteiger partial charge in [-0.25, -0.2) is 9.37 Å². The predicted molar refractivity (Wildman–Crippen MR) is 66.1 cm³/mol. The highest BCUT2D eigenvalue weighted by molar-refractivity contribution is 7.98. The molecule has 0 N–H and O–H groups in total. The maximum Gasteiger partial charge on any atom is 0.123 e. The van der Waals surface area contributed by atoms with Crippen LogP contribution in [0.4, 0.5) is 4.39 Å². The first-order chi connectivity index (χ1) is 7.70. The zero-order valence-electron chi connectivity index (χ0n) is 9.20. The van der Waals surface area contributed by atoms with Crippen LogP contribution in [0.5, 0.6) is 0 Å². The Bertz CT molecular complexity index is 494. The summed E-state index contributed by atoms with van der Waals surface area (Å²) in [6, 6.07) is 10.5. The highest BCUT2D eigenvalue weighted by atomic mass is 32.2. The summed E-state index contributed by atoms with van der Waals surface area (Å²) in [7, 11) is 0. The molecule has 0 aliphatic heterocycles. The number of aryl methyl sites for hydroxylation is 1. The van der Waals surface area contributed by atoms with E-state index in [1.807, 2.05) is 25.3 Å². The molecule has 0 fully saturated rings. The van der Waals surface area contributed by atoms with Crippen LogP contribution < -0.4 is 0 Å². The topological polar surface area (TPSA) is 12.9 Å². The van der Waals surface area contributed by atoms with Crippen molar-refractivity contribution >= 4 is 11.8 Å². The van der Waals surface area contributed by atoms with E-state index in [0.717, 1.165) is 21.8 Å². The lowest BCUT2D eigenvalue weighted by Crippen LogP contribution is -1.89. The number of benzene rings is 1. The van der Waals surface area contributed by atoms with Crippen molar-refractivity contribution in [1.82, 2.24) is 4.98 Å². The van der Waals surface area contributed by atoms with Crippen LogP contribution in [-0.4, -0.2) is 11.2 Å². The van der Waals surface area contributed by atoms with E-state index in [1.165, 1.54) is 12.1 Å². The van der Waals surface area contributed by atoms with Crippen LogP contribution in [0.1, 0.15) is 5.69 Å². The Morgan fingerprint density at radius 1 is 1.06 bits per heavy atom. The molecular formula is C13H12FNS. The molecule has 82 valence electrons. The van der Waals surface area contributed by atoms with Gasteiger partial charge in [0, 0.05) is 11.3 Å². The van der Waals surface area contributed by atoms with Crippen molar-refractivity contribution in [3.05, 3.63) is 47.9 Å². The molecule has 0 spiro atoms. The second-order valence-electron chi connectivity index (χ2n) is 3.49. The lowest BCUT2D eigenvalue weighted by molar-refractivity contribution is 0.628. The molecule has 0 amide bonds. The summed E-state index contributed by atoms with van der Waals surface area (Å²) < 4.78 is 12.8. The molecule has 1 nitrogen and oxygen atoms in total. The average molecular weight is 233 g/mol. The Morgan fingerprint density at radius 2 is 1.75 bits per heavy atom. The van der Waals surface area contributed by atoms with Crippen LogP contribution in [0.25, 0.3) is 11.1 Å². The van der Waals surface area contributed by atoms with Gasteiger partial charge in [-0.1, -0.05) is 12.1 Å². The van der Waals surface area contributed by atoms with Gasteiger partial charge in [-0.15, -0.1) is 11.8 Å². The maximum atomic E-state index is 12.8. The molecule has 16 heavy (non-hydrogen) atoms. The predicted octanol–water partition coefficient (Wildman–Crippen LogP) is 3.92. The zero-order valence-corrected chi connectivity index (χ0v) is 10.0. The summed E-state index contributed by atoms with van der Waals surface area (Å²) in [4.78, 5) is 4.46.